The fraction of sp³-hybridized carbons (Fsp3) is 0.846. The van der Waals surface area contributed by atoms with E-state index in [1.165, 1.54) is 0 Å². The second-order valence-corrected chi connectivity index (χ2v) is 5.82. The molecule has 5 nitrogen and oxygen atoms in total. The molecule has 18 heavy (non-hydrogen) atoms. The summed E-state index contributed by atoms with van der Waals surface area (Å²) in [5, 5.41) is 9.11. The molecule has 2 rings (SSSR count). The summed E-state index contributed by atoms with van der Waals surface area (Å²) in [6, 6.07) is 0. The van der Waals surface area contributed by atoms with E-state index in [9.17, 15) is 9.59 Å². The van der Waals surface area contributed by atoms with Gasteiger partial charge in [0.2, 0.25) is 5.91 Å². The maximum atomic E-state index is 12.6. The lowest BCUT2D eigenvalue weighted by Gasteiger charge is -2.31. The van der Waals surface area contributed by atoms with Crippen LogP contribution in [0.2, 0.25) is 0 Å². The Bertz CT molecular complexity index is 350. The first kappa shape index (κ1) is 13.3. The fourth-order valence-electron chi connectivity index (χ4n) is 3.35. The van der Waals surface area contributed by atoms with E-state index in [2.05, 4.69) is 0 Å². The van der Waals surface area contributed by atoms with E-state index in [1.807, 2.05) is 6.92 Å². The lowest BCUT2D eigenvalue weighted by Crippen LogP contribution is -2.46. The van der Waals surface area contributed by atoms with E-state index >= 15 is 0 Å². The molecular formula is C13H22N2O3. The molecule has 2 aliphatic rings. The van der Waals surface area contributed by atoms with Crippen LogP contribution in [0.25, 0.3) is 0 Å². The molecule has 0 aromatic carbocycles. The summed E-state index contributed by atoms with van der Waals surface area (Å²) in [5.41, 5.74) is 5.39. The number of amides is 1. The number of carboxylic acid groups (broad SMARTS) is 1. The largest absolute Gasteiger partial charge is 0.481 e. The van der Waals surface area contributed by atoms with Crippen molar-refractivity contribution in [2.24, 2.45) is 23.0 Å². The van der Waals surface area contributed by atoms with Gasteiger partial charge in [0.1, 0.15) is 0 Å². The third-order valence-electron chi connectivity index (χ3n) is 4.62. The number of carbonyl (C=O) groups excluding carboxylic acids is 1. The van der Waals surface area contributed by atoms with E-state index in [1.54, 1.807) is 4.90 Å². The van der Waals surface area contributed by atoms with Gasteiger partial charge in [0.05, 0.1) is 11.3 Å². The van der Waals surface area contributed by atoms with Gasteiger partial charge in [0.15, 0.2) is 0 Å². The van der Waals surface area contributed by atoms with Gasteiger partial charge in [-0.3, -0.25) is 9.59 Å². The third-order valence-corrected chi connectivity index (χ3v) is 4.62. The molecule has 2 atom stereocenters. The second-order valence-electron chi connectivity index (χ2n) is 5.82. The third kappa shape index (κ3) is 2.11. The van der Waals surface area contributed by atoms with Crippen LogP contribution in [0.4, 0.5) is 0 Å². The SMILES string of the molecule is CC1CN(C(=O)C2(CN)CCCC2)CC1C(=O)O. The zero-order valence-electron chi connectivity index (χ0n) is 10.9. The molecule has 0 radical (unpaired) electrons. The Labute approximate surface area is 107 Å². The normalized spacial score (nSPS) is 30.7. The number of hydrogen-bond acceptors (Lipinski definition) is 3. The van der Waals surface area contributed by atoms with Crippen LogP contribution in [0.1, 0.15) is 32.6 Å². The van der Waals surface area contributed by atoms with Crippen LogP contribution < -0.4 is 5.73 Å². The van der Waals surface area contributed by atoms with Crippen LogP contribution in [0.3, 0.4) is 0 Å². The summed E-state index contributed by atoms with van der Waals surface area (Å²) < 4.78 is 0. The van der Waals surface area contributed by atoms with Gasteiger partial charge >= 0.3 is 5.97 Å². The van der Waals surface area contributed by atoms with Crippen LogP contribution in [-0.4, -0.2) is 41.5 Å². The minimum Gasteiger partial charge on any atom is -0.481 e. The Morgan fingerprint density at radius 2 is 1.94 bits per heavy atom. The zero-order valence-corrected chi connectivity index (χ0v) is 10.9. The van der Waals surface area contributed by atoms with Gasteiger partial charge in [0.25, 0.3) is 0 Å². The van der Waals surface area contributed by atoms with Crippen LogP contribution in [0, 0.1) is 17.3 Å². The first-order chi connectivity index (χ1) is 8.50. The number of aliphatic carboxylic acids is 1. The molecule has 1 heterocycles. The van der Waals surface area contributed by atoms with Gasteiger partial charge in [-0.2, -0.15) is 0 Å². The summed E-state index contributed by atoms with van der Waals surface area (Å²) in [6.07, 6.45) is 3.80. The van der Waals surface area contributed by atoms with Crippen LogP contribution in [-0.2, 0) is 9.59 Å². The topological polar surface area (TPSA) is 83.6 Å². The lowest BCUT2D eigenvalue weighted by molar-refractivity contribution is -0.143. The Balaban J connectivity index is 2.09. The van der Waals surface area contributed by atoms with E-state index in [0.29, 0.717) is 19.6 Å². The van der Waals surface area contributed by atoms with Crippen molar-refractivity contribution >= 4 is 11.9 Å². The highest BCUT2D eigenvalue weighted by Crippen LogP contribution is 2.40. The monoisotopic (exact) mass is 254 g/mol. The van der Waals surface area contributed by atoms with Gasteiger partial charge in [-0.15, -0.1) is 0 Å². The van der Waals surface area contributed by atoms with Crippen molar-refractivity contribution in [3.8, 4) is 0 Å². The zero-order chi connectivity index (χ0) is 13.3. The second kappa shape index (κ2) is 4.88. The molecule has 2 fully saturated rings. The number of carboxylic acids is 1. The highest BCUT2D eigenvalue weighted by Gasteiger charge is 2.46. The average molecular weight is 254 g/mol. The van der Waals surface area contributed by atoms with Crippen molar-refractivity contribution in [1.82, 2.24) is 4.90 Å². The van der Waals surface area contributed by atoms with Gasteiger partial charge in [-0.25, -0.2) is 0 Å². The Morgan fingerprint density at radius 3 is 2.39 bits per heavy atom. The van der Waals surface area contributed by atoms with Crippen LogP contribution in [0.15, 0.2) is 0 Å². The Morgan fingerprint density at radius 1 is 1.33 bits per heavy atom. The molecule has 1 amide bonds. The van der Waals surface area contributed by atoms with E-state index in [0.717, 1.165) is 25.7 Å². The number of hydrogen-bond donors (Lipinski definition) is 2. The van der Waals surface area contributed by atoms with E-state index in [-0.39, 0.29) is 11.8 Å². The number of nitrogens with two attached hydrogens (primary N) is 1. The van der Waals surface area contributed by atoms with Crippen molar-refractivity contribution in [2.45, 2.75) is 32.6 Å². The highest BCUT2D eigenvalue weighted by atomic mass is 16.4. The van der Waals surface area contributed by atoms with Crippen molar-refractivity contribution < 1.29 is 14.7 Å². The van der Waals surface area contributed by atoms with Gasteiger partial charge in [0, 0.05) is 19.6 Å². The maximum absolute atomic E-state index is 12.6. The molecule has 0 aromatic heterocycles. The molecular weight excluding hydrogens is 232 g/mol. The minimum atomic E-state index is -0.800. The molecule has 0 aromatic rings. The molecule has 1 aliphatic carbocycles. The summed E-state index contributed by atoms with van der Waals surface area (Å²) in [4.78, 5) is 25.4. The Hall–Kier alpha value is -1.10. The number of rotatable bonds is 3. The molecule has 1 saturated carbocycles. The molecule has 1 saturated heterocycles. The first-order valence-electron chi connectivity index (χ1n) is 6.72. The number of likely N-dealkylation sites (tertiary alicyclic amines) is 1. The predicted octanol–water partition coefficient (Wildman–Crippen LogP) is 0.685. The smallest absolute Gasteiger partial charge is 0.308 e. The van der Waals surface area contributed by atoms with E-state index < -0.39 is 17.3 Å². The molecule has 0 spiro atoms. The van der Waals surface area contributed by atoms with Crippen molar-refractivity contribution in [1.29, 1.82) is 0 Å². The highest BCUT2D eigenvalue weighted by molar-refractivity contribution is 5.84. The summed E-state index contributed by atoms with van der Waals surface area (Å²) in [7, 11) is 0. The lowest BCUT2D eigenvalue weighted by atomic mass is 9.84. The molecule has 0 bridgehead atoms. The van der Waals surface area contributed by atoms with Crippen molar-refractivity contribution in [2.75, 3.05) is 19.6 Å². The predicted molar refractivity (Wildman–Crippen MR) is 66.8 cm³/mol. The molecule has 1 aliphatic heterocycles. The molecule has 5 heteroatoms. The number of carbonyl (C=O) groups is 2. The molecule has 2 unspecified atom stereocenters. The van der Waals surface area contributed by atoms with Gasteiger partial charge in [-0.1, -0.05) is 19.8 Å². The minimum absolute atomic E-state index is 0.0303. The van der Waals surface area contributed by atoms with Crippen LogP contribution in [0.5, 0.6) is 0 Å². The van der Waals surface area contributed by atoms with Crippen molar-refractivity contribution in [3.63, 3.8) is 0 Å². The quantitative estimate of drug-likeness (QED) is 0.776. The van der Waals surface area contributed by atoms with Gasteiger partial charge < -0.3 is 15.7 Å². The molecule has 3 N–H and O–H groups in total. The summed E-state index contributed by atoms with van der Waals surface area (Å²) >= 11 is 0. The number of nitrogens with zero attached hydrogens (tertiary/aromatic N) is 1. The molecule has 102 valence electrons. The van der Waals surface area contributed by atoms with Crippen LogP contribution >= 0.6 is 0 Å². The Kier molecular flexibility index (Phi) is 3.61. The fourth-order valence-corrected chi connectivity index (χ4v) is 3.35. The summed E-state index contributed by atoms with van der Waals surface area (Å²) in [6.45, 7) is 3.18. The van der Waals surface area contributed by atoms with Gasteiger partial charge in [-0.05, 0) is 18.8 Å². The van der Waals surface area contributed by atoms with Crippen molar-refractivity contribution in [3.05, 3.63) is 0 Å². The summed E-state index contributed by atoms with van der Waals surface area (Å²) in [5.74, 6) is -1.11. The first-order valence-corrected chi connectivity index (χ1v) is 6.72. The standard InChI is InChI=1S/C13H22N2O3/c1-9-6-15(7-10(9)11(16)17)12(18)13(8-14)4-2-3-5-13/h9-10H,2-8,14H2,1H3,(H,16,17). The van der Waals surface area contributed by atoms with E-state index in [4.69, 9.17) is 10.8 Å². The average Bonchev–Trinajstić information content (AvgIpc) is 2.95. The maximum Gasteiger partial charge on any atom is 0.308 e.